The van der Waals surface area contributed by atoms with E-state index in [0.29, 0.717) is 12.5 Å². The van der Waals surface area contributed by atoms with Crippen LogP contribution in [-0.2, 0) is 4.79 Å². The molecule has 1 saturated carbocycles. The molecule has 0 aromatic rings. The average molecular weight is 274 g/mol. The van der Waals surface area contributed by atoms with Crippen molar-refractivity contribution in [1.82, 2.24) is 10.2 Å². The topological polar surface area (TPSA) is 32.3 Å². The number of hydrogen-bond acceptors (Lipinski definition) is 2. The van der Waals surface area contributed by atoms with Crippen molar-refractivity contribution in [3.8, 4) is 12.3 Å². The lowest BCUT2D eigenvalue weighted by Crippen LogP contribution is -2.54. The van der Waals surface area contributed by atoms with Crippen LogP contribution in [-0.4, -0.2) is 43.2 Å². The summed E-state index contributed by atoms with van der Waals surface area (Å²) in [6.45, 7) is 0.160. The van der Waals surface area contributed by atoms with E-state index < -0.39 is 17.5 Å². The summed E-state index contributed by atoms with van der Waals surface area (Å²) in [4.78, 5) is 13.5. The van der Waals surface area contributed by atoms with Crippen molar-refractivity contribution in [1.29, 1.82) is 0 Å². The summed E-state index contributed by atoms with van der Waals surface area (Å²) in [5.74, 6) is 1.74. The van der Waals surface area contributed by atoms with Gasteiger partial charge in [-0.1, -0.05) is 5.92 Å². The zero-order valence-electron chi connectivity index (χ0n) is 10.6. The number of carbonyl (C=O) groups excluding carboxylic acids is 1. The van der Waals surface area contributed by atoms with Gasteiger partial charge in [0.25, 0.3) is 0 Å². The molecule has 1 atom stereocenters. The molecule has 1 amide bonds. The van der Waals surface area contributed by atoms with Gasteiger partial charge in [0, 0.05) is 13.1 Å². The molecule has 1 aliphatic carbocycles. The second-order valence-corrected chi connectivity index (χ2v) is 5.34. The molecule has 0 radical (unpaired) electrons. The maximum absolute atomic E-state index is 13.3. The maximum Gasteiger partial charge on any atom is 0.404 e. The van der Waals surface area contributed by atoms with Crippen LogP contribution in [0.15, 0.2) is 0 Å². The molecule has 3 nitrogen and oxygen atoms in total. The molecule has 1 heterocycles. The number of terminal acetylenes is 1. The molecule has 1 N–H and O–H groups in total. The number of amides is 1. The Morgan fingerprint density at radius 3 is 2.58 bits per heavy atom. The fourth-order valence-electron chi connectivity index (χ4n) is 2.48. The van der Waals surface area contributed by atoms with Crippen LogP contribution >= 0.6 is 0 Å². The van der Waals surface area contributed by atoms with Gasteiger partial charge in [0.05, 0.1) is 6.54 Å². The molecule has 0 spiro atoms. The van der Waals surface area contributed by atoms with Crippen LogP contribution in [0.1, 0.15) is 19.3 Å². The maximum atomic E-state index is 13.3. The number of hydrogen-bond donors (Lipinski definition) is 1. The molecule has 2 fully saturated rings. The van der Waals surface area contributed by atoms with Gasteiger partial charge in [-0.15, -0.1) is 6.42 Å². The zero-order chi connectivity index (χ0) is 14.1. The number of carbonyl (C=O) groups is 1. The highest BCUT2D eigenvalue weighted by Gasteiger charge is 2.62. The molecule has 0 aromatic carbocycles. The first-order chi connectivity index (χ1) is 8.90. The highest BCUT2D eigenvalue weighted by molar-refractivity contribution is 5.84. The second kappa shape index (κ2) is 5.04. The lowest BCUT2D eigenvalue weighted by molar-refractivity contribution is -0.221. The molecule has 6 heteroatoms. The van der Waals surface area contributed by atoms with Gasteiger partial charge in [0.15, 0.2) is 5.41 Å². The minimum Gasteiger partial charge on any atom is -0.330 e. The van der Waals surface area contributed by atoms with Gasteiger partial charge in [-0.2, -0.15) is 13.2 Å². The summed E-state index contributed by atoms with van der Waals surface area (Å²) < 4.78 is 39.8. The van der Waals surface area contributed by atoms with Gasteiger partial charge in [0.2, 0.25) is 5.91 Å². The lowest BCUT2D eigenvalue weighted by Gasteiger charge is -2.34. The monoisotopic (exact) mass is 274 g/mol. The fourth-order valence-corrected chi connectivity index (χ4v) is 2.48. The normalized spacial score (nSPS) is 27.1. The van der Waals surface area contributed by atoms with Gasteiger partial charge >= 0.3 is 6.18 Å². The summed E-state index contributed by atoms with van der Waals surface area (Å²) in [7, 11) is 0. The van der Waals surface area contributed by atoms with Gasteiger partial charge in [-0.25, -0.2) is 0 Å². The lowest BCUT2D eigenvalue weighted by atomic mass is 9.84. The van der Waals surface area contributed by atoms with E-state index in [1.807, 2.05) is 0 Å². The number of nitrogens with one attached hydrogen (secondary N) is 1. The van der Waals surface area contributed by atoms with Crippen LogP contribution in [0.2, 0.25) is 0 Å². The summed E-state index contributed by atoms with van der Waals surface area (Å²) in [5, 5.41) is 2.65. The highest BCUT2D eigenvalue weighted by atomic mass is 19.4. The molecule has 2 rings (SSSR count). The molecule has 1 unspecified atom stereocenters. The Kier molecular flexibility index (Phi) is 3.77. The Balaban J connectivity index is 2.19. The Morgan fingerprint density at radius 2 is 2.16 bits per heavy atom. The third-order valence-electron chi connectivity index (χ3n) is 3.85. The van der Waals surface area contributed by atoms with Crippen LogP contribution < -0.4 is 5.32 Å². The Morgan fingerprint density at radius 1 is 1.47 bits per heavy atom. The van der Waals surface area contributed by atoms with Crippen molar-refractivity contribution in [2.75, 3.05) is 26.2 Å². The molecule has 2 aliphatic rings. The number of rotatable bonds is 4. The second-order valence-electron chi connectivity index (χ2n) is 5.34. The van der Waals surface area contributed by atoms with Gasteiger partial charge < -0.3 is 10.2 Å². The van der Waals surface area contributed by atoms with Crippen molar-refractivity contribution in [3.05, 3.63) is 0 Å². The summed E-state index contributed by atoms with van der Waals surface area (Å²) in [5.41, 5.74) is -2.29. The molecule has 0 aromatic heterocycles. The molecule has 106 valence electrons. The number of alkyl halides is 3. The van der Waals surface area contributed by atoms with Crippen LogP contribution in [0.25, 0.3) is 0 Å². The van der Waals surface area contributed by atoms with E-state index in [1.165, 1.54) is 4.90 Å². The first-order valence-electron chi connectivity index (χ1n) is 6.41. The zero-order valence-corrected chi connectivity index (χ0v) is 10.6. The molecule has 1 saturated heterocycles. The number of halogens is 3. The largest absolute Gasteiger partial charge is 0.404 e. The molecular weight excluding hydrogens is 257 g/mol. The van der Waals surface area contributed by atoms with E-state index in [2.05, 4.69) is 11.2 Å². The first-order valence-corrected chi connectivity index (χ1v) is 6.41. The standard InChI is InChI=1S/C13H17F3N2O/c1-2-7-18(8-10-3-4-10)11(19)12(13(14,15)16)5-6-17-9-12/h1,10,17H,3-9H2. The fraction of sp³-hybridized carbons (Fsp3) is 0.769. The SMILES string of the molecule is C#CCN(CC1CC1)C(=O)C1(C(F)(F)F)CCNC1. The van der Waals surface area contributed by atoms with Crippen LogP contribution in [0.4, 0.5) is 13.2 Å². The van der Waals surface area contributed by atoms with E-state index in [4.69, 9.17) is 6.42 Å². The van der Waals surface area contributed by atoms with Crippen molar-refractivity contribution in [2.24, 2.45) is 11.3 Å². The average Bonchev–Trinajstić information content (AvgIpc) is 2.99. The summed E-state index contributed by atoms with van der Waals surface area (Å²) in [6, 6.07) is 0. The Hall–Kier alpha value is -1.22. The quantitative estimate of drug-likeness (QED) is 0.786. The highest BCUT2D eigenvalue weighted by Crippen LogP contribution is 2.45. The summed E-state index contributed by atoms with van der Waals surface area (Å²) >= 11 is 0. The van der Waals surface area contributed by atoms with Crippen LogP contribution in [0, 0.1) is 23.7 Å². The minimum atomic E-state index is -4.54. The Labute approximate surface area is 110 Å². The van der Waals surface area contributed by atoms with Crippen molar-refractivity contribution in [3.63, 3.8) is 0 Å². The van der Waals surface area contributed by atoms with Gasteiger partial charge in [0.1, 0.15) is 0 Å². The van der Waals surface area contributed by atoms with E-state index >= 15 is 0 Å². The van der Waals surface area contributed by atoms with E-state index in [9.17, 15) is 18.0 Å². The molecule has 0 bridgehead atoms. The Bertz CT molecular complexity index is 390. The van der Waals surface area contributed by atoms with Crippen molar-refractivity contribution < 1.29 is 18.0 Å². The predicted octanol–water partition coefficient (Wildman–Crippen LogP) is 1.40. The molecular formula is C13H17F3N2O. The third-order valence-corrected chi connectivity index (χ3v) is 3.85. The first kappa shape index (κ1) is 14.2. The predicted molar refractivity (Wildman–Crippen MR) is 64.1 cm³/mol. The van der Waals surface area contributed by atoms with Gasteiger partial charge in [-0.3, -0.25) is 4.79 Å². The van der Waals surface area contributed by atoms with Crippen molar-refractivity contribution in [2.45, 2.75) is 25.4 Å². The van der Waals surface area contributed by atoms with Crippen molar-refractivity contribution >= 4 is 5.91 Å². The van der Waals surface area contributed by atoms with Crippen LogP contribution in [0.5, 0.6) is 0 Å². The summed E-state index contributed by atoms with van der Waals surface area (Å²) in [6.07, 6.45) is 2.36. The van der Waals surface area contributed by atoms with E-state index in [-0.39, 0.29) is 26.1 Å². The molecule has 19 heavy (non-hydrogen) atoms. The van der Waals surface area contributed by atoms with E-state index in [1.54, 1.807) is 0 Å². The smallest absolute Gasteiger partial charge is 0.330 e. The molecule has 1 aliphatic heterocycles. The van der Waals surface area contributed by atoms with Gasteiger partial charge in [-0.05, 0) is 31.7 Å². The van der Waals surface area contributed by atoms with Crippen LogP contribution in [0.3, 0.4) is 0 Å². The third kappa shape index (κ3) is 2.71. The number of nitrogens with zero attached hydrogens (tertiary/aromatic N) is 1. The van der Waals surface area contributed by atoms with E-state index in [0.717, 1.165) is 12.8 Å². The minimum absolute atomic E-state index is 0.0484.